The van der Waals surface area contributed by atoms with Gasteiger partial charge < -0.3 is 10.1 Å². The Kier molecular flexibility index (Phi) is 3.69. The Morgan fingerprint density at radius 2 is 2.58 bits per heavy atom. The maximum atomic E-state index is 4.96. The van der Waals surface area contributed by atoms with Gasteiger partial charge in [-0.3, -0.25) is 5.10 Å². The number of H-pyrrole nitrogens is 1. The molecule has 0 aliphatic rings. The lowest BCUT2D eigenvalue weighted by molar-refractivity contribution is 0.171. The number of aromatic nitrogens is 3. The molecule has 1 atom stereocenters. The predicted molar refractivity (Wildman–Crippen MR) is 44.6 cm³/mol. The fraction of sp³-hybridized carbons (Fsp3) is 0.714. The minimum absolute atomic E-state index is 0.333. The molecule has 2 N–H and O–H groups in total. The van der Waals surface area contributed by atoms with Crippen LogP contribution in [0.25, 0.3) is 0 Å². The highest BCUT2D eigenvalue weighted by Crippen LogP contribution is 1.87. The van der Waals surface area contributed by atoms with Crippen LogP contribution in [-0.2, 0) is 11.3 Å². The topological polar surface area (TPSA) is 62.8 Å². The normalized spacial score (nSPS) is 13.2. The molecule has 1 aromatic heterocycles. The zero-order valence-corrected chi connectivity index (χ0v) is 7.37. The third kappa shape index (κ3) is 2.98. The fourth-order valence-corrected chi connectivity index (χ4v) is 0.896. The van der Waals surface area contributed by atoms with E-state index in [1.165, 1.54) is 6.33 Å². The number of ether oxygens (including phenoxy) is 1. The maximum Gasteiger partial charge on any atom is 0.138 e. The molecule has 1 rings (SSSR count). The number of methoxy groups -OCH3 is 1. The molecule has 68 valence electrons. The molecule has 1 unspecified atom stereocenters. The SMILES string of the molecule is COCC(C)NCc1ncn[nH]1. The van der Waals surface area contributed by atoms with E-state index in [1.54, 1.807) is 7.11 Å². The summed E-state index contributed by atoms with van der Waals surface area (Å²) < 4.78 is 4.96. The van der Waals surface area contributed by atoms with Crippen molar-refractivity contribution in [1.29, 1.82) is 0 Å². The van der Waals surface area contributed by atoms with Crippen LogP contribution >= 0.6 is 0 Å². The summed E-state index contributed by atoms with van der Waals surface area (Å²) in [5, 5.41) is 9.74. The second-order valence-corrected chi connectivity index (χ2v) is 2.67. The van der Waals surface area contributed by atoms with Crippen LogP contribution in [0, 0.1) is 0 Å². The van der Waals surface area contributed by atoms with Gasteiger partial charge >= 0.3 is 0 Å². The van der Waals surface area contributed by atoms with Gasteiger partial charge in [-0.15, -0.1) is 0 Å². The van der Waals surface area contributed by atoms with Gasteiger partial charge in [-0.1, -0.05) is 0 Å². The lowest BCUT2D eigenvalue weighted by atomic mass is 10.3. The van der Waals surface area contributed by atoms with Crippen LogP contribution in [0.1, 0.15) is 12.7 Å². The second kappa shape index (κ2) is 4.84. The summed E-state index contributed by atoms with van der Waals surface area (Å²) in [6, 6.07) is 0.333. The zero-order valence-electron chi connectivity index (χ0n) is 7.37. The maximum absolute atomic E-state index is 4.96. The predicted octanol–water partition coefficient (Wildman–Crippen LogP) is -0.0708. The van der Waals surface area contributed by atoms with Crippen molar-refractivity contribution in [3.63, 3.8) is 0 Å². The standard InChI is InChI=1S/C7H14N4O/c1-6(4-12-2)8-3-7-9-5-10-11-7/h5-6,8H,3-4H2,1-2H3,(H,9,10,11). The van der Waals surface area contributed by atoms with Crippen LogP contribution in [0.4, 0.5) is 0 Å². The highest BCUT2D eigenvalue weighted by Gasteiger charge is 2.00. The molecule has 0 bridgehead atoms. The number of aromatic amines is 1. The summed E-state index contributed by atoms with van der Waals surface area (Å²) in [4.78, 5) is 3.98. The molecular weight excluding hydrogens is 156 g/mol. The first kappa shape index (κ1) is 9.15. The largest absolute Gasteiger partial charge is 0.383 e. The first-order valence-electron chi connectivity index (χ1n) is 3.89. The van der Waals surface area contributed by atoms with Crippen molar-refractivity contribution in [1.82, 2.24) is 20.5 Å². The summed E-state index contributed by atoms with van der Waals surface area (Å²) in [7, 11) is 1.69. The molecule has 0 saturated carbocycles. The molecule has 0 spiro atoms. The highest BCUT2D eigenvalue weighted by atomic mass is 16.5. The van der Waals surface area contributed by atoms with E-state index >= 15 is 0 Å². The van der Waals surface area contributed by atoms with Gasteiger partial charge in [-0.05, 0) is 6.92 Å². The van der Waals surface area contributed by atoms with Crippen molar-refractivity contribution in [3.05, 3.63) is 12.2 Å². The monoisotopic (exact) mass is 170 g/mol. The van der Waals surface area contributed by atoms with Crippen LogP contribution in [0.2, 0.25) is 0 Å². The molecule has 0 radical (unpaired) electrons. The molecule has 0 aliphatic heterocycles. The summed E-state index contributed by atoms with van der Waals surface area (Å²) in [6.45, 7) is 3.46. The number of nitrogens with zero attached hydrogens (tertiary/aromatic N) is 2. The first-order chi connectivity index (χ1) is 5.83. The number of nitrogens with one attached hydrogen (secondary N) is 2. The van der Waals surface area contributed by atoms with Gasteiger partial charge in [0.15, 0.2) is 0 Å². The van der Waals surface area contributed by atoms with Crippen LogP contribution in [-0.4, -0.2) is 34.9 Å². The number of hydrogen-bond donors (Lipinski definition) is 2. The molecule has 0 amide bonds. The van der Waals surface area contributed by atoms with E-state index in [9.17, 15) is 0 Å². The Bertz CT molecular complexity index is 199. The van der Waals surface area contributed by atoms with Gasteiger partial charge in [0.05, 0.1) is 13.2 Å². The number of rotatable bonds is 5. The van der Waals surface area contributed by atoms with Gasteiger partial charge in [-0.2, -0.15) is 5.10 Å². The quantitative estimate of drug-likeness (QED) is 0.649. The third-order valence-corrected chi connectivity index (χ3v) is 1.50. The summed E-state index contributed by atoms with van der Waals surface area (Å²) in [5.41, 5.74) is 0. The molecule has 1 aromatic rings. The second-order valence-electron chi connectivity index (χ2n) is 2.67. The Balaban J connectivity index is 2.17. The van der Waals surface area contributed by atoms with Crippen LogP contribution in [0.15, 0.2) is 6.33 Å². The molecular formula is C7H14N4O. The van der Waals surface area contributed by atoms with Gasteiger partial charge in [-0.25, -0.2) is 4.98 Å². The minimum Gasteiger partial charge on any atom is -0.383 e. The van der Waals surface area contributed by atoms with E-state index in [0.29, 0.717) is 19.2 Å². The highest BCUT2D eigenvalue weighted by molar-refractivity contribution is 4.79. The van der Waals surface area contributed by atoms with Crippen LogP contribution in [0.3, 0.4) is 0 Å². The third-order valence-electron chi connectivity index (χ3n) is 1.50. The molecule has 0 aliphatic carbocycles. The Morgan fingerprint density at radius 1 is 1.75 bits per heavy atom. The van der Waals surface area contributed by atoms with E-state index in [1.807, 2.05) is 0 Å². The molecule has 0 fully saturated rings. The average Bonchev–Trinajstić information content (AvgIpc) is 2.53. The first-order valence-corrected chi connectivity index (χ1v) is 3.89. The van der Waals surface area contributed by atoms with Gasteiger partial charge in [0.25, 0.3) is 0 Å². The zero-order chi connectivity index (χ0) is 8.81. The van der Waals surface area contributed by atoms with E-state index in [2.05, 4.69) is 27.4 Å². The van der Waals surface area contributed by atoms with Crippen molar-refractivity contribution in [2.45, 2.75) is 19.5 Å². The average molecular weight is 170 g/mol. The molecule has 12 heavy (non-hydrogen) atoms. The van der Waals surface area contributed by atoms with Crippen molar-refractivity contribution >= 4 is 0 Å². The molecule has 5 nitrogen and oxygen atoms in total. The van der Waals surface area contributed by atoms with E-state index in [0.717, 1.165) is 5.82 Å². The van der Waals surface area contributed by atoms with Gasteiger partial charge in [0.2, 0.25) is 0 Å². The van der Waals surface area contributed by atoms with E-state index < -0.39 is 0 Å². The summed E-state index contributed by atoms with van der Waals surface area (Å²) in [6.07, 6.45) is 1.50. The minimum atomic E-state index is 0.333. The molecule has 0 aromatic carbocycles. The van der Waals surface area contributed by atoms with E-state index in [4.69, 9.17) is 4.74 Å². The van der Waals surface area contributed by atoms with Crippen molar-refractivity contribution in [2.75, 3.05) is 13.7 Å². The smallest absolute Gasteiger partial charge is 0.138 e. The van der Waals surface area contributed by atoms with Crippen LogP contribution in [0.5, 0.6) is 0 Å². The summed E-state index contributed by atoms with van der Waals surface area (Å²) >= 11 is 0. The summed E-state index contributed by atoms with van der Waals surface area (Å²) in [5.74, 6) is 0.845. The van der Waals surface area contributed by atoms with Crippen molar-refractivity contribution in [2.24, 2.45) is 0 Å². The van der Waals surface area contributed by atoms with Crippen molar-refractivity contribution in [3.8, 4) is 0 Å². The fourth-order valence-electron chi connectivity index (χ4n) is 0.896. The Morgan fingerprint density at radius 3 is 3.17 bits per heavy atom. The number of hydrogen-bond acceptors (Lipinski definition) is 4. The lowest BCUT2D eigenvalue weighted by Crippen LogP contribution is -2.29. The van der Waals surface area contributed by atoms with Crippen molar-refractivity contribution < 1.29 is 4.74 Å². The van der Waals surface area contributed by atoms with Crippen LogP contribution < -0.4 is 5.32 Å². The molecule has 5 heteroatoms. The molecule has 0 saturated heterocycles. The Hall–Kier alpha value is -0.940. The van der Waals surface area contributed by atoms with Gasteiger partial charge in [0.1, 0.15) is 12.2 Å². The lowest BCUT2D eigenvalue weighted by Gasteiger charge is -2.10. The molecule has 1 heterocycles. The van der Waals surface area contributed by atoms with Gasteiger partial charge in [0, 0.05) is 13.2 Å². The Labute approximate surface area is 71.5 Å². The van der Waals surface area contributed by atoms with E-state index in [-0.39, 0.29) is 0 Å².